The summed E-state index contributed by atoms with van der Waals surface area (Å²) < 4.78 is 22.2. The van der Waals surface area contributed by atoms with Crippen LogP contribution in [0.4, 0.5) is 0 Å². The van der Waals surface area contributed by atoms with Gasteiger partial charge >= 0.3 is 5.97 Å². The molecule has 6 nitrogen and oxygen atoms in total. The van der Waals surface area contributed by atoms with Crippen molar-refractivity contribution in [3.05, 3.63) is 59.7 Å². The van der Waals surface area contributed by atoms with Crippen LogP contribution in [-0.4, -0.2) is 32.1 Å². The van der Waals surface area contributed by atoms with Gasteiger partial charge in [0.1, 0.15) is 11.5 Å². The number of fused-ring (bicyclic) bond motifs is 1. The van der Waals surface area contributed by atoms with Crippen LogP contribution < -0.4 is 9.47 Å². The van der Waals surface area contributed by atoms with E-state index >= 15 is 0 Å². The molecule has 25 heavy (non-hydrogen) atoms. The molecule has 0 saturated carbocycles. The van der Waals surface area contributed by atoms with E-state index in [0.717, 1.165) is 0 Å². The number of carbonyl (C=O) groups excluding carboxylic acids is 2. The van der Waals surface area contributed by atoms with Gasteiger partial charge in [-0.3, -0.25) is 9.59 Å². The van der Waals surface area contributed by atoms with Crippen molar-refractivity contribution in [2.45, 2.75) is 18.8 Å². The van der Waals surface area contributed by atoms with Crippen LogP contribution in [0.5, 0.6) is 11.5 Å². The number of esters is 1. The van der Waals surface area contributed by atoms with E-state index in [4.69, 9.17) is 18.9 Å². The highest BCUT2D eigenvalue weighted by Crippen LogP contribution is 2.43. The third-order valence-electron chi connectivity index (χ3n) is 4.06. The van der Waals surface area contributed by atoms with Gasteiger partial charge in [0.2, 0.25) is 11.9 Å². The van der Waals surface area contributed by atoms with Crippen LogP contribution in [0.2, 0.25) is 0 Å². The number of carbonyl (C=O) groups is 2. The molecule has 0 saturated heterocycles. The molecule has 1 aliphatic heterocycles. The van der Waals surface area contributed by atoms with Crippen molar-refractivity contribution in [3.63, 3.8) is 0 Å². The number of ether oxygens (including phenoxy) is 4. The average molecular weight is 342 g/mol. The summed E-state index contributed by atoms with van der Waals surface area (Å²) in [5.41, 5.74) is 0.862. The van der Waals surface area contributed by atoms with Gasteiger partial charge in [0.05, 0.1) is 12.7 Å². The van der Waals surface area contributed by atoms with Crippen molar-refractivity contribution in [3.8, 4) is 11.5 Å². The molecule has 1 aliphatic rings. The molecule has 0 bridgehead atoms. The standard InChI is InChI=1S/C19H18O6/c1-12(20)24-18-17(21)15-10-9-14(22-2)11-16(15)25-19(18,23-3)13-7-5-4-6-8-13/h4-11,18H,1-3H3/t18-,19-/m1/s1. The Hall–Kier alpha value is -2.86. The first kappa shape index (κ1) is 17.0. The fraction of sp³-hybridized carbons (Fsp3) is 0.263. The summed E-state index contributed by atoms with van der Waals surface area (Å²) in [6.07, 6.45) is -1.27. The van der Waals surface area contributed by atoms with E-state index in [0.29, 0.717) is 22.6 Å². The van der Waals surface area contributed by atoms with Crippen LogP contribution in [-0.2, 0) is 20.1 Å². The molecular weight excluding hydrogens is 324 g/mol. The van der Waals surface area contributed by atoms with Crippen molar-refractivity contribution in [2.24, 2.45) is 0 Å². The summed E-state index contributed by atoms with van der Waals surface area (Å²) in [6.45, 7) is 1.24. The number of hydrogen-bond acceptors (Lipinski definition) is 6. The fourth-order valence-electron chi connectivity index (χ4n) is 2.89. The number of rotatable bonds is 4. The van der Waals surface area contributed by atoms with Gasteiger partial charge in [-0.25, -0.2) is 0 Å². The van der Waals surface area contributed by atoms with Gasteiger partial charge in [-0.15, -0.1) is 0 Å². The Morgan fingerprint density at radius 1 is 1.12 bits per heavy atom. The second-order valence-electron chi connectivity index (χ2n) is 5.56. The van der Waals surface area contributed by atoms with Gasteiger partial charge in [-0.1, -0.05) is 30.3 Å². The van der Waals surface area contributed by atoms with E-state index in [9.17, 15) is 9.59 Å². The molecule has 0 unspecified atom stereocenters. The smallest absolute Gasteiger partial charge is 0.303 e. The molecule has 0 radical (unpaired) electrons. The van der Waals surface area contributed by atoms with Crippen LogP contribution in [0.25, 0.3) is 0 Å². The van der Waals surface area contributed by atoms with Crippen molar-refractivity contribution < 1.29 is 28.5 Å². The Labute approximate surface area is 145 Å². The molecule has 2 atom stereocenters. The van der Waals surface area contributed by atoms with E-state index < -0.39 is 23.6 Å². The van der Waals surface area contributed by atoms with Crippen LogP contribution >= 0.6 is 0 Å². The van der Waals surface area contributed by atoms with E-state index in [-0.39, 0.29) is 0 Å². The molecular formula is C19H18O6. The minimum absolute atomic E-state index is 0.302. The van der Waals surface area contributed by atoms with Gasteiger partial charge in [-0.2, -0.15) is 0 Å². The fourth-order valence-corrected chi connectivity index (χ4v) is 2.89. The Kier molecular flexibility index (Phi) is 4.46. The summed E-state index contributed by atoms with van der Waals surface area (Å²) in [5.74, 6) is -1.74. The Bertz CT molecular complexity index is 801. The third kappa shape index (κ3) is 2.85. The summed E-state index contributed by atoms with van der Waals surface area (Å²) in [4.78, 5) is 24.6. The minimum atomic E-state index is -1.58. The zero-order valence-corrected chi connectivity index (χ0v) is 14.1. The van der Waals surface area contributed by atoms with Gasteiger partial charge in [0.15, 0.2) is 0 Å². The quantitative estimate of drug-likeness (QED) is 0.796. The highest BCUT2D eigenvalue weighted by atomic mass is 16.7. The zero-order valence-electron chi connectivity index (χ0n) is 14.1. The molecule has 0 N–H and O–H groups in total. The molecule has 2 aromatic rings. The Balaban J connectivity index is 2.19. The SMILES string of the molecule is COc1ccc2c(c1)O[C@](OC)(c1ccccc1)[C@H](OC(C)=O)C2=O. The number of methoxy groups -OCH3 is 2. The van der Waals surface area contributed by atoms with Gasteiger partial charge < -0.3 is 18.9 Å². The molecule has 0 fully saturated rings. The second-order valence-corrected chi connectivity index (χ2v) is 5.56. The maximum absolute atomic E-state index is 13.0. The molecule has 6 heteroatoms. The lowest BCUT2D eigenvalue weighted by atomic mass is 9.90. The number of ketones is 1. The van der Waals surface area contributed by atoms with Crippen LogP contribution in [0.3, 0.4) is 0 Å². The van der Waals surface area contributed by atoms with Crippen LogP contribution in [0.15, 0.2) is 48.5 Å². The van der Waals surface area contributed by atoms with Crippen molar-refractivity contribution in [1.82, 2.24) is 0 Å². The Morgan fingerprint density at radius 2 is 1.84 bits per heavy atom. The first-order valence-electron chi connectivity index (χ1n) is 7.71. The first-order valence-corrected chi connectivity index (χ1v) is 7.71. The predicted octanol–water partition coefficient (Wildman–Crippen LogP) is 2.70. The molecule has 0 amide bonds. The van der Waals surface area contributed by atoms with Crippen molar-refractivity contribution in [1.29, 1.82) is 0 Å². The Morgan fingerprint density at radius 3 is 2.44 bits per heavy atom. The molecule has 0 aliphatic carbocycles. The van der Waals surface area contributed by atoms with Crippen LogP contribution in [0.1, 0.15) is 22.8 Å². The lowest BCUT2D eigenvalue weighted by molar-refractivity contribution is -0.233. The van der Waals surface area contributed by atoms with E-state index in [1.54, 1.807) is 42.5 Å². The summed E-state index contributed by atoms with van der Waals surface area (Å²) in [7, 11) is 2.93. The lowest BCUT2D eigenvalue weighted by Gasteiger charge is -2.41. The highest BCUT2D eigenvalue weighted by molar-refractivity contribution is 6.04. The maximum Gasteiger partial charge on any atom is 0.303 e. The van der Waals surface area contributed by atoms with Crippen molar-refractivity contribution >= 4 is 11.8 Å². The van der Waals surface area contributed by atoms with Crippen LogP contribution in [0, 0.1) is 0 Å². The average Bonchev–Trinajstić information content (AvgIpc) is 2.64. The third-order valence-corrected chi connectivity index (χ3v) is 4.06. The summed E-state index contributed by atoms with van der Waals surface area (Å²) >= 11 is 0. The molecule has 130 valence electrons. The number of Topliss-reactive ketones (excluding diaryl/α,β-unsaturated/α-hetero) is 1. The molecule has 0 aromatic heterocycles. The van der Waals surface area contributed by atoms with Gasteiger partial charge in [-0.05, 0) is 12.1 Å². The first-order chi connectivity index (χ1) is 12.0. The van der Waals surface area contributed by atoms with E-state index in [1.807, 2.05) is 6.07 Å². The lowest BCUT2D eigenvalue weighted by Crippen LogP contribution is -2.55. The molecule has 3 rings (SSSR count). The highest BCUT2D eigenvalue weighted by Gasteiger charge is 2.54. The molecule has 1 heterocycles. The topological polar surface area (TPSA) is 71.1 Å². The van der Waals surface area contributed by atoms with E-state index in [2.05, 4.69) is 0 Å². The minimum Gasteiger partial charge on any atom is -0.497 e. The summed E-state index contributed by atoms with van der Waals surface area (Å²) in [5, 5.41) is 0. The van der Waals surface area contributed by atoms with E-state index in [1.165, 1.54) is 21.1 Å². The summed E-state index contributed by atoms with van der Waals surface area (Å²) in [6, 6.07) is 13.7. The normalized spacial score (nSPS) is 21.9. The predicted molar refractivity (Wildman–Crippen MR) is 88.6 cm³/mol. The number of benzene rings is 2. The van der Waals surface area contributed by atoms with Gasteiger partial charge in [0, 0.05) is 25.7 Å². The molecule has 0 spiro atoms. The van der Waals surface area contributed by atoms with Gasteiger partial charge in [0.25, 0.3) is 5.79 Å². The van der Waals surface area contributed by atoms with Crippen molar-refractivity contribution in [2.75, 3.05) is 14.2 Å². The maximum atomic E-state index is 13.0. The molecule has 2 aromatic carbocycles. The largest absolute Gasteiger partial charge is 0.497 e. The zero-order chi connectivity index (χ0) is 18.0. The second kappa shape index (κ2) is 6.57. The number of hydrogen-bond donors (Lipinski definition) is 0. The monoisotopic (exact) mass is 342 g/mol.